The van der Waals surface area contributed by atoms with Crippen molar-refractivity contribution in [3.8, 4) is 0 Å². The number of hydrogen-bond acceptors (Lipinski definition) is 2. The van der Waals surface area contributed by atoms with Crippen molar-refractivity contribution in [1.82, 2.24) is 0 Å². The summed E-state index contributed by atoms with van der Waals surface area (Å²) in [4.78, 5) is 15.0. The summed E-state index contributed by atoms with van der Waals surface area (Å²) >= 11 is 1.67. The van der Waals surface area contributed by atoms with Gasteiger partial charge in [0.2, 0.25) is 0 Å². The molecule has 4 heteroatoms. The van der Waals surface area contributed by atoms with E-state index in [0.29, 0.717) is 0 Å². The summed E-state index contributed by atoms with van der Waals surface area (Å²) in [6.07, 6.45) is 7.15. The van der Waals surface area contributed by atoms with Crippen molar-refractivity contribution in [2.75, 3.05) is 24.7 Å². The molecule has 0 radical (unpaired) electrons. The second-order valence-corrected chi connectivity index (χ2v) is 6.33. The van der Waals surface area contributed by atoms with Crippen LogP contribution in [0.1, 0.15) is 32.6 Å². The molecule has 1 aliphatic heterocycles. The molecule has 0 saturated carbocycles. The second kappa shape index (κ2) is 7.70. The van der Waals surface area contributed by atoms with Crippen molar-refractivity contribution >= 4 is 23.4 Å². The van der Waals surface area contributed by atoms with Gasteiger partial charge < -0.3 is 10.2 Å². The van der Waals surface area contributed by atoms with Gasteiger partial charge >= 0.3 is 0 Å². The van der Waals surface area contributed by atoms with E-state index in [1.165, 1.54) is 30.6 Å². The van der Waals surface area contributed by atoms with E-state index in [2.05, 4.69) is 12.2 Å². The van der Waals surface area contributed by atoms with Gasteiger partial charge in [0.25, 0.3) is 5.91 Å². The molecule has 0 aliphatic carbocycles. The number of carbonyl (C=O) groups excluding carboxylic acids is 1. The quantitative estimate of drug-likeness (QED) is 0.835. The van der Waals surface area contributed by atoms with E-state index in [-0.39, 0.29) is 11.9 Å². The van der Waals surface area contributed by atoms with Gasteiger partial charge in [0, 0.05) is 4.90 Å². The molecular formula is C16H25N2OS+. The van der Waals surface area contributed by atoms with Crippen LogP contribution in [0.25, 0.3) is 0 Å². The van der Waals surface area contributed by atoms with Crippen LogP contribution in [0.5, 0.6) is 0 Å². The second-order valence-electron chi connectivity index (χ2n) is 5.48. The fourth-order valence-electron chi connectivity index (χ4n) is 2.79. The number of rotatable bonds is 4. The summed E-state index contributed by atoms with van der Waals surface area (Å²) in [5.41, 5.74) is 0.936. The monoisotopic (exact) mass is 293 g/mol. The average molecular weight is 293 g/mol. The zero-order valence-electron chi connectivity index (χ0n) is 12.4. The zero-order chi connectivity index (χ0) is 14.4. The van der Waals surface area contributed by atoms with Gasteiger partial charge in [0.15, 0.2) is 6.04 Å². The highest BCUT2D eigenvalue weighted by molar-refractivity contribution is 7.98. The lowest BCUT2D eigenvalue weighted by Gasteiger charge is -2.24. The minimum Gasteiger partial charge on any atom is -0.325 e. The first-order valence-electron chi connectivity index (χ1n) is 7.51. The maximum absolute atomic E-state index is 12.5. The van der Waals surface area contributed by atoms with Gasteiger partial charge in [-0.2, -0.15) is 0 Å². The molecule has 20 heavy (non-hydrogen) atoms. The highest BCUT2D eigenvalue weighted by atomic mass is 32.2. The Morgan fingerprint density at radius 1 is 1.20 bits per heavy atom. The van der Waals surface area contributed by atoms with Crippen molar-refractivity contribution in [2.45, 2.75) is 43.5 Å². The smallest absolute Gasteiger partial charge is 0.282 e. The number of carbonyl (C=O) groups is 1. The number of nitrogens with one attached hydrogen (secondary N) is 2. The fourth-order valence-corrected chi connectivity index (χ4v) is 3.34. The summed E-state index contributed by atoms with van der Waals surface area (Å²) in [5, 5.41) is 3.10. The van der Waals surface area contributed by atoms with Crippen molar-refractivity contribution in [3.63, 3.8) is 0 Å². The first kappa shape index (κ1) is 15.4. The van der Waals surface area contributed by atoms with Crippen LogP contribution in [0.2, 0.25) is 0 Å². The molecule has 1 aromatic carbocycles. The molecule has 1 aliphatic rings. The molecule has 1 atom stereocenters. The minimum absolute atomic E-state index is 0.0306. The highest BCUT2D eigenvalue weighted by Gasteiger charge is 2.26. The number of anilines is 1. The van der Waals surface area contributed by atoms with E-state index in [0.717, 1.165) is 23.7 Å². The highest BCUT2D eigenvalue weighted by Crippen LogP contribution is 2.24. The third-order valence-corrected chi connectivity index (χ3v) is 4.91. The molecule has 2 N–H and O–H groups in total. The van der Waals surface area contributed by atoms with E-state index >= 15 is 0 Å². The fraction of sp³-hybridized carbons (Fsp3) is 0.562. The summed E-state index contributed by atoms with van der Waals surface area (Å²) in [5.74, 6) is 0.142. The lowest BCUT2D eigenvalue weighted by atomic mass is 10.2. The molecule has 0 aromatic heterocycles. The van der Waals surface area contributed by atoms with Crippen molar-refractivity contribution in [1.29, 1.82) is 0 Å². The number of para-hydroxylation sites is 1. The minimum atomic E-state index is 0.0306. The number of amides is 1. The topological polar surface area (TPSA) is 33.5 Å². The summed E-state index contributed by atoms with van der Waals surface area (Å²) < 4.78 is 0. The normalized spacial score (nSPS) is 18.3. The summed E-state index contributed by atoms with van der Waals surface area (Å²) in [7, 11) is 0. The van der Waals surface area contributed by atoms with Crippen LogP contribution in [-0.4, -0.2) is 31.3 Å². The first-order chi connectivity index (χ1) is 9.72. The van der Waals surface area contributed by atoms with Gasteiger partial charge in [-0.05, 0) is 51.0 Å². The van der Waals surface area contributed by atoms with Crippen LogP contribution in [0.4, 0.5) is 5.69 Å². The first-order valence-corrected chi connectivity index (χ1v) is 8.73. The van der Waals surface area contributed by atoms with Crippen molar-refractivity contribution in [2.24, 2.45) is 0 Å². The van der Waals surface area contributed by atoms with Crippen LogP contribution < -0.4 is 10.2 Å². The zero-order valence-corrected chi connectivity index (χ0v) is 13.3. The predicted molar refractivity (Wildman–Crippen MR) is 85.5 cm³/mol. The van der Waals surface area contributed by atoms with Gasteiger partial charge in [0.1, 0.15) is 0 Å². The van der Waals surface area contributed by atoms with Crippen LogP contribution in [0.15, 0.2) is 29.2 Å². The molecule has 0 unspecified atom stereocenters. The molecule has 1 amide bonds. The van der Waals surface area contributed by atoms with Crippen molar-refractivity contribution in [3.05, 3.63) is 24.3 Å². The molecule has 0 spiro atoms. The molecule has 1 aromatic rings. The van der Waals surface area contributed by atoms with Gasteiger partial charge in [-0.1, -0.05) is 12.1 Å². The van der Waals surface area contributed by atoms with Crippen LogP contribution >= 0.6 is 11.8 Å². The van der Waals surface area contributed by atoms with E-state index in [9.17, 15) is 4.79 Å². The van der Waals surface area contributed by atoms with E-state index < -0.39 is 0 Å². The van der Waals surface area contributed by atoms with Gasteiger partial charge in [-0.25, -0.2) is 0 Å². The molecule has 0 bridgehead atoms. The Labute approximate surface area is 126 Å². The Morgan fingerprint density at radius 3 is 2.50 bits per heavy atom. The predicted octanol–water partition coefficient (Wildman–Crippen LogP) is 2.19. The van der Waals surface area contributed by atoms with E-state index in [1.807, 2.05) is 30.5 Å². The van der Waals surface area contributed by atoms with Crippen LogP contribution in [-0.2, 0) is 4.79 Å². The number of likely N-dealkylation sites (tertiary alicyclic amines) is 1. The maximum atomic E-state index is 12.5. The third-order valence-electron chi connectivity index (χ3n) is 4.12. The van der Waals surface area contributed by atoms with E-state index in [4.69, 9.17) is 0 Å². The molecule has 110 valence electrons. The number of thioether (sulfide) groups is 1. The van der Waals surface area contributed by atoms with Crippen LogP contribution in [0, 0.1) is 0 Å². The number of quaternary nitrogens is 1. The molecule has 1 fully saturated rings. The van der Waals surface area contributed by atoms with Crippen LogP contribution in [0.3, 0.4) is 0 Å². The lowest BCUT2D eigenvalue weighted by molar-refractivity contribution is -0.913. The average Bonchev–Trinajstić information content (AvgIpc) is 2.76. The molecular weight excluding hydrogens is 268 g/mol. The SMILES string of the molecule is CSc1ccccc1NC(=O)[C@@H](C)[NH+]1CCCCCC1. The van der Waals surface area contributed by atoms with Gasteiger partial charge in [-0.3, -0.25) is 4.79 Å². The summed E-state index contributed by atoms with van der Waals surface area (Å²) in [6, 6.07) is 8.03. The number of hydrogen-bond donors (Lipinski definition) is 2. The number of benzene rings is 1. The largest absolute Gasteiger partial charge is 0.325 e. The summed E-state index contributed by atoms with van der Waals surface area (Å²) in [6.45, 7) is 4.30. The van der Waals surface area contributed by atoms with E-state index in [1.54, 1.807) is 11.8 Å². The molecule has 1 saturated heterocycles. The molecule has 3 nitrogen and oxygen atoms in total. The lowest BCUT2D eigenvalue weighted by Crippen LogP contribution is -3.16. The third kappa shape index (κ3) is 4.00. The van der Waals surface area contributed by atoms with Crippen molar-refractivity contribution < 1.29 is 9.69 Å². The maximum Gasteiger partial charge on any atom is 0.282 e. The standard InChI is InChI=1S/C16H24N2OS/c1-13(18-11-7-3-4-8-12-18)16(19)17-14-9-5-6-10-15(14)20-2/h5-6,9-10,13H,3-4,7-8,11-12H2,1-2H3,(H,17,19)/p+1/t13-/m1/s1. The van der Waals surface area contributed by atoms with Gasteiger partial charge in [0.05, 0.1) is 18.8 Å². The van der Waals surface area contributed by atoms with Gasteiger partial charge in [-0.15, -0.1) is 11.8 Å². The molecule has 1 heterocycles. The Kier molecular flexibility index (Phi) is 5.92. The molecule has 2 rings (SSSR count). The Hall–Kier alpha value is -1.00. The Balaban J connectivity index is 1.99. The Morgan fingerprint density at radius 2 is 1.85 bits per heavy atom. The Bertz CT molecular complexity index is 442.